The Morgan fingerprint density at radius 1 is 1.27 bits per heavy atom. The zero-order valence-corrected chi connectivity index (χ0v) is 17.8. The second-order valence-corrected chi connectivity index (χ2v) is 8.29. The first-order valence-corrected chi connectivity index (χ1v) is 10.9. The molecule has 2 aliphatic rings. The van der Waals surface area contributed by atoms with Crippen molar-refractivity contribution in [2.24, 2.45) is 4.99 Å². The largest absolute Gasteiger partial charge is 0.466 e. The number of fused-ring (bicyclic) bond motifs is 1. The van der Waals surface area contributed by atoms with Gasteiger partial charge in [-0.25, -0.2) is 14.2 Å². The summed E-state index contributed by atoms with van der Waals surface area (Å²) in [7, 11) is 1.35. The Morgan fingerprint density at radius 2 is 2.03 bits per heavy atom. The van der Waals surface area contributed by atoms with Crippen molar-refractivity contribution >= 4 is 45.8 Å². The van der Waals surface area contributed by atoms with Crippen molar-refractivity contribution in [1.82, 2.24) is 4.90 Å². The lowest BCUT2D eigenvalue weighted by Crippen LogP contribution is -2.37. The zero-order chi connectivity index (χ0) is 21.3. The average molecular weight is 444 g/mol. The van der Waals surface area contributed by atoms with Crippen molar-refractivity contribution in [3.63, 3.8) is 0 Å². The Labute approximate surface area is 181 Å². The number of ether oxygens (including phenoxy) is 1. The third kappa shape index (κ3) is 3.90. The molecule has 2 aliphatic heterocycles. The van der Waals surface area contributed by atoms with Crippen molar-refractivity contribution < 1.29 is 18.7 Å². The van der Waals surface area contributed by atoms with Gasteiger partial charge in [-0.15, -0.1) is 0 Å². The first kappa shape index (κ1) is 20.4. The van der Waals surface area contributed by atoms with Crippen LogP contribution in [0.2, 0.25) is 0 Å². The lowest BCUT2D eigenvalue weighted by Gasteiger charge is -2.35. The Balaban J connectivity index is 1.61. The van der Waals surface area contributed by atoms with Gasteiger partial charge in [0, 0.05) is 11.4 Å². The van der Waals surface area contributed by atoms with E-state index in [0.717, 1.165) is 11.3 Å². The van der Waals surface area contributed by atoms with Crippen LogP contribution >= 0.6 is 23.1 Å². The molecule has 0 spiro atoms. The van der Waals surface area contributed by atoms with E-state index in [9.17, 15) is 14.0 Å². The van der Waals surface area contributed by atoms with Gasteiger partial charge in [-0.05, 0) is 59.0 Å². The van der Waals surface area contributed by atoms with Crippen LogP contribution in [0, 0.1) is 5.82 Å². The first-order chi connectivity index (χ1) is 14.5. The summed E-state index contributed by atoms with van der Waals surface area (Å²) in [6.07, 6.45) is 0.0809. The van der Waals surface area contributed by atoms with E-state index in [1.165, 1.54) is 54.5 Å². The van der Waals surface area contributed by atoms with Crippen LogP contribution in [0.1, 0.15) is 24.9 Å². The number of anilines is 1. The third-order valence-corrected chi connectivity index (χ3v) is 6.32. The van der Waals surface area contributed by atoms with Gasteiger partial charge in [0.15, 0.2) is 5.17 Å². The fourth-order valence-electron chi connectivity index (χ4n) is 3.39. The fraction of sp³-hybridized carbons (Fsp3) is 0.190. The van der Waals surface area contributed by atoms with E-state index in [1.54, 1.807) is 6.92 Å². The number of aliphatic imine (C=N–C) groups is 1. The molecule has 3 heterocycles. The minimum atomic E-state index is -0.446. The summed E-state index contributed by atoms with van der Waals surface area (Å²) in [4.78, 5) is 31.7. The Hall–Kier alpha value is -2.91. The van der Waals surface area contributed by atoms with Crippen LogP contribution in [0.4, 0.5) is 10.1 Å². The summed E-state index contributed by atoms with van der Waals surface area (Å²) < 4.78 is 18.1. The van der Waals surface area contributed by atoms with E-state index < -0.39 is 12.0 Å². The summed E-state index contributed by atoms with van der Waals surface area (Å²) in [6.45, 7) is 1.79. The van der Waals surface area contributed by atoms with Gasteiger partial charge < -0.3 is 15.0 Å². The van der Waals surface area contributed by atoms with Gasteiger partial charge in [0.2, 0.25) is 5.91 Å². The number of esters is 1. The van der Waals surface area contributed by atoms with Crippen molar-refractivity contribution in [1.29, 1.82) is 0 Å². The number of nitrogens with zero attached hydrogens (tertiary/aromatic N) is 2. The molecule has 0 radical (unpaired) electrons. The predicted octanol–water partition coefficient (Wildman–Crippen LogP) is 4.66. The third-order valence-electron chi connectivity index (χ3n) is 4.73. The molecule has 1 N–H and O–H groups in total. The van der Waals surface area contributed by atoms with Crippen LogP contribution in [0.3, 0.4) is 0 Å². The molecule has 9 heteroatoms. The van der Waals surface area contributed by atoms with E-state index >= 15 is 0 Å². The van der Waals surface area contributed by atoms with Crippen LogP contribution in [-0.2, 0) is 14.3 Å². The van der Waals surface area contributed by atoms with E-state index in [4.69, 9.17) is 4.74 Å². The van der Waals surface area contributed by atoms with Crippen LogP contribution in [-0.4, -0.2) is 29.1 Å². The molecule has 2 aromatic rings. The van der Waals surface area contributed by atoms with Gasteiger partial charge in [-0.1, -0.05) is 11.8 Å². The molecular weight excluding hydrogens is 425 g/mol. The minimum absolute atomic E-state index is 0.0809. The smallest absolute Gasteiger partial charge is 0.338 e. The number of allylic oxidation sites excluding steroid dienone is 1. The predicted molar refractivity (Wildman–Crippen MR) is 116 cm³/mol. The minimum Gasteiger partial charge on any atom is -0.466 e. The number of methoxy groups -OCH3 is 1. The summed E-state index contributed by atoms with van der Waals surface area (Å²) in [6, 6.07) is 7.13. The number of carbonyl (C=O) groups is 2. The summed E-state index contributed by atoms with van der Waals surface area (Å²) >= 11 is 2.94. The highest BCUT2D eigenvalue weighted by Gasteiger charge is 2.41. The van der Waals surface area contributed by atoms with Crippen molar-refractivity contribution in [2.75, 3.05) is 12.4 Å². The Bertz CT molecular complexity index is 1080. The number of carbonyl (C=O) groups excluding carboxylic acids is 2. The number of hydrogen-bond donors (Lipinski definition) is 1. The molecule has 1 aromatic heterocycles. The Kier molecular flexibility index (Phi) is 5.74. The quantitative estimate of drug-likeness (QED) is 0.681. The van der Waals surface area contributed by atoms with Gasteiger partial charge in [0.1, 0.15) is 5.82 Å². The van der Waals surface area contributed by atoms with E-state index in [1.807, 2.05) is 27.1 Å². The van der Waals surface area contributed by atoms with Gasteiger partial charge in [0.05, 0.1) is 30.8 Å². The highest BCUT2D eigenvalue weighted by molar-refractivity contribution is 8.16. The lowest BCUT2D eigenvalue weighted by atomic mass is 9.96. The van der Waals surface area contributed by atoms with Gasteiger partial charge >= 0.3 is 5.97 Å². The SMILES string of the molecule is COC(=O)C1=C(C)N=C2SC=C(CC(=O)Nc3ccc(F)cc3)N2C1c1ccsc1. The molecule has 1 atom stereocenters. The molecule has 1 aromatic carbocycles. The number of thioether (sulfide) groups is 1. The number of amidine groups is 1. The van der Waals surface area contributed by atoms with E-state index in [2.05, 4.69) is 10.3 Å². The number of hydrogen-bond acceptors (Lipinski definition) is 7. The van der Waals surface area contributed by atoms with Crippen LogP contribution < -0.4 is 5.32 Å². The highest BCUT2D eigenvalue weighted by atomic mass is 32.2. The number of halogens is 1. The lowest BCUT2D eigenvalue weighted by molar-refractivity contribution is -0.136. The van der Waals surface area contributed by atoms with Gasteiger partial charge in [-0.3, -0.25) is 4.79 Å². The van der Waals surface area contributed by atoms with Gasteiger partial charge in [-0.2, -0.15) is 11.3 Å². The fourth-order valence-corrected chi connectivity index (χ4v) is 5.03. The first-order valence-electron chi connectivity index (χ1n) is 9.08. The van der Waals surface area contributed by atoms with Gasteiger partial charge in [0.25, 0.3) is 0 Å². The molecule has 0 aliphatic carbocycles. The molecule has 4 rings (SSSR count). The molecule has 1 amide bonds. The van der Waals surface area contributed by atoms with Crippen molar-refractivity contribution in [3.05, 3.63) is 74.8 Å². The molecule has 6 nitrogen and oxygen atoms in total. The number of nitrogens with one attached hydrogen (secondary N) is 1. The molecule has 154 valence electrons. The van der Waals surface area contributed by atoms with Crippen LogP contribution in [0.15, 0.2) is 68.5 Å². The maximum absolute atomic E-state index is 13.1. The molecule has 30 heavy (non-hydrogen) atoms. The summed E-state index contributed by atoms with van der Waals surface area (Å²) in [5.41, 5.74) is 3.22. The topological polar surface area (TPSA) is 71.0 Å². The Morgan fingerprint density at radius 3 is 2.70 bits per heavy atom. The summed E-state index contributed by atoms with van der Waals surface area (Å²) in [5, 5.41) is 9.27. The van der Waals surface area contributed by atoms with Crippen molar-refractivity contribution in [3.8, 4) is 0 Å². The van der Waals surface area contributed by atoms with Crippen molar-refractivity contribution in [2.45, 2.75) is 19.4 Å². The second kappa shape index (κ2) is 8.45. The van der Waals surface area contributed by atoms with E-state index in [0.29, 0.717) is 22.1 Å². The molecule has 0 fully saturated rings. The zero-order valence-electron chi connectivity index (χ0n) is 16.2. The molecule has 0 saturated carbocycles. The summed E-state index contributed by atoms with van der Waals surface area (Å²) in [5.74, 6) is -1.06. The number of rotatable bonds is 5. The van der Waals surface area contributed by atoms with Crippen LogP contribution in [0.25, 0.3) is 0 Å². The maximum Gasteiger partial charge on any atom is 0.338 e. The monoisotopic (exact) mass is 443 g/mol. The number of amides is 1. The second-order valence-electron chi connectivity index (χ2n) is 6.67. The highest BCUT2D eigenvalue weighted by Crippen LogP contribution is 2.45. The maximum atomic E-state index is 13.1. The normalized spacial score (nSPS) is 18.0. The standard InChI is InChI=1S/C21H18FN3O3S2/c1-12-18(20(27)28-2)19(13-7-8-29-10-13)25-16(11-30-21(25)23-12)9-17(26)24-15-5-3-14(22)4-6-15/h3-8,10-11,19H,9H2,1-2H3,(H,24,26). The molecular formula is C21H18FN3O3S2. The molecule has 0 bridgehead atoms. The number of thiophene rings is 1. The van der Waals surface area contributed by atoms with Crippen LogP contribution in [0.5, 0.6) is 0 Å². The average Bonchev–Trinajstić information content (AvgIpc) is 3.39. The van der Waals surface area contributed by atoms with E-state index in [-0.39, 0.29) is 18.1 Å². The molecule has 1 unspecified atom stereocenters. The number of benzene rings is 1. The molecule has 0 saturated heterocycles.